The van der Waals surface area contributed by atoms with E-state index >= 15 is 0 Å². The van der Waals surface area contributed by atoms with E-state index in [1.54, 1.807) is 24.0 Å². The van der Waals surface area contributed by atoms with Gasteiger partial charge in [0.05, 0.1) is 12.1 Å². The molecule has 1 aliphatic heterocycles. The Morgan fingerprint density at radius 1 is 1.27 bits per heavy atom. The van der Waals surface area contributed by atoms with Gasteiger partial charge >= 0.3 is 0 Å². The van der Waals surface area contributed by atoms with E-state index in [0.29, 0.717) is 12.2 Å². The largest absolute Gasteiger partial charge is 0.445 e. The van der Waals surface area contributed by atoms with Crippen LogP contribution in [0, 0.1) is 0 Å². The predicted octanol–water partition coefficient (Wildman–Crippen LogP) is 3.02. The maximum atomic E-state index is 12.7. The van der Waals surface area contributed by atoms with Crippen LogP contribution in [0.1, 0.15) is 46.5 Å². The molecule has 0 aliphatic carbocycles. The van der Waals surface area contributed by atoms with Gasteiger partial charge < -0.3 is 9.32 Å². The summed E-state index contributed by atoms with van der Waals surface area (Å²) < 4.78 is 7.62. The van der Waals surface area contributed by atoms with Crippen LogP contribution in [0.15, 0.2) is 53.2 Å². The Balaban J connectivity index is 1.45. The van der Waals surface area contributed by atoms with Crippen molar-refractivity contribution in [2.45, 2.75) is 25.2 Å². The summed E-state index contributed by atoms with van der Waals surface area (Å²) in [7, 11) is 1.79. The van der Waals surface area contributed by atoms with Crippen molar-refractivity contribution in [1.82, 2.24) is 19.7 Å². The van der Waals surface area contributed by atoms with Gasteiger partial charge in [0.1, 0.15) is 11.5 Å². The second-order valence-corrected chi connectivity index (χ2v) is 6.76. The Morgan fingerprint density at radius 2 is 2.12 bits per heavy atom. The molecule has 3 heterocycles. The Morgan fingerprint density at radius 3 is 2.88 bits per heavy atom. The average Bonchev–Trinajstić information content (AvgIpc) is 3.31. The molecular formula is C20H22N4O2. The minimum Gasteiger partial charge on any atom is -0.445 e. The van der Waals surface area contributed by atoms with Crippen LogP contribution >= 0.6 is 0 Å². The molecule has 3 aromatic rings. The zero-order valence-electron chi connectivity index (χ0n) is 14.8. The SMILES string of the molecule is Cn1nccc1C(=O)N1CCCC(c2ncc(Cc3ccccc3)o2)C1. The van der Waals surface area contributed by atoms with E-state index in [-0.39, 0.29) is 11.8 Å². The van der Waals surface area contributed by atoms with Gasteiger partial charge in [-0.1, -0.05) is 30.3 Å². The third kappa shape index (κ3) is 3.40. The molecule has 0 N–H and O–H groups in total. The van der Waals surface area contributed by atoms with Crippen LogP contribution in [0.4, 0.5) is 0 Å². The smallest absolute Gasteiger partial charge is 0.272 e. The summed E-state index contributed by atoms with van der Waals surface area (Å²) in [5.41, 5.74) is 1.81. The van der Waals surface area contributed by atoms with Crippen LogP contribution in [-0.4, -0.2) is 38.7 Å². The normalized spacial score (nSPS) is 17.4. The number of aryl methyl sites for hydroxylation is 1. The number of oxazole rings is 1. The minimum absolute atomic E-state index is 0.0192. The number of carbonyl (C=O) groups excluding carboxylic acids is 1. The minimum atomic E-state index is 0.0192. The average molecular weight is 350 g/mol. The van der Waals surface area contributed by atoms with Gasteiger partial charge in [0, 0.05) is 32.8 Å². The maximum absolute atomic E-state index is 12.7. The van der Waals surface area contributed by atoms with Gasteiger partial charge in [-0.2, -0.15) is 5.10 Å². The molecule has 1 fully saturated rings. The molecule has 1 saturated heterocycles. The third-order valence-corrected chi connectivity index (χ3v) is 4.89. The van der Waals surface area contributed by atoms with Crippen LogP contribution < -0.4 is 0 Å². The van der Waals surface area contributed by atoms with E-state index < -0.39 is 0 Å². The third-order valence-electron chi connectivity index (χ3n) is 4.89. The molecular weight excluding hydrogens is 328 g/mol. The van der Waals surface area contributed by atoms with Crippen molar-refractivity contribution >= 4 is 5.91 Å². The van der Waals surface area contributed by atoms with E-state index in [1.165, 1.54) is 5.56 Å². The number of amides is 1. The maximum Gasteiger partial charge on any atom is 0.272 e. The lowest BCUT2D eigenvalue weighted by molar-refractivity contribution is 0.0686. The number of aromatic nitrogens is 3. The Kier molecular flexibility index (Phi) is 4.56. The van der Waals surface area contributed by atoms with E-state index in [2.05, 4.69) is 22.2 Å². The van der Waals surface area contributed by atoms with Crippen LogP contribution in [0.5, 0.6) is 0 Å². The summed E-state index contributed by atoms with van der Waals surface area (Å²) in [5, 5.41) is 4.09. The van der Waals surface area contributed by atoms with Gasteiger partial charge in [-0.15, -0.1) is 0 Å². The number of nitrogens with zero attached hydrogens (tertiary/aromatic N) is 4. The predicted molar refractivity (Wildman–Crippen MR) is 96.8 cm³/mol. The highest BCUT2D eigenvalue weighted by atomic mass is 16.4. The molecule has 1 amide bonds. The summed E-state index contributed by atoms with van der Waals surface area (Å²) in [6.07, 6.45) is 6.13. The highest BCUT2D eigenvalue weighted by Gasteiger charge is 2.29. The van der Waals surface area contributed by atoms with Crippen molar-refractivity contribution in [2.24, 2.45) is 7.05 Å². The van der Waals surface area contributed by atoms with Crippen LogP contribution in [0.3, 0.4) is 0 Å². The number of carbonyl (C=O) groups is 1. The molecule has 0 radical (unpaired) electrons. The van der Waals surface area contributed by atoms with Crippen LogP contribution in [0.2, 0.25) is 0 Å². The van der Waals surface area contributed by atoms with Crippen molar-refractivity contribution < 1.29 is 9.21 Å². The Bertz CT molecular complexity index is 884. The first-order valence-corrected chi connectivity index (χ1v) is 8.96. The monoisotopic (exact) mass is 350 g/mol. The molecule has 1 atom stereocenters. The second kappa shape index (κ2) is 7.15. The number of piperidine rings is 1. The van der Waals surface area contributed by atoms with Crippen LogP contribution in [0.25, 0.3) is 0 Å². The molecule has 1 aliphatic rings. The molecule has 1 unspecified atom stereocenters. The lowest BCUT2D eigenvalue weighted by Gasteiger charge is -2.31. The van der Waals surface area contributed by atoms with Gasteiger partial charge in [0.25, 0.3) is 5.91 Å². The van der Waals surface area contributed by atoms with Gasteiger partial charge in [-0.3, -0.25) is 9.48 Å². The summed E-state index contributed by atoms with van der Waals surface area (Å²) >= 11 is 0. The first-order chi connectivity index (χ1) is 12.7. The van der Waals surface area contributed by atoms with Crippen LogP contribution in [-0.2, 0) is 13.5 Å². The number of hydrogen-bond acceptors (Lipinski definition) is 4. The molecule has 134 valence electrons. The Labute approximate surface area is 152 Å². The van der Waals surface area contributed by atoms with Crippen molar-refractivity contribution in [3.8, 4) is 0 Å². The van der Waals surface area contributed by atoms with E-state index in [4.69, 9.17) is 4.42 Å². The topological polar surface area (TPSA) is 64.2 Å². The van der Waals surface area contributed by atoms with Crippen molar-refractivity contribution in [3.63, 3.8) is 0 Å². The first kappa shape index (κ1) is 16.6. The van der Waals surface area contributed by atoms with Crippen molar-refractivity contribution in [2.75, 3.05) is 13.1 Å². The summed E-state index contributed by atoms with van der Waals surface area (Å²) in [5.74, 6) is 1.76. The number of benzene rings is 1. The molecule has 6 heteroatoms. The van der Waals surface area contributed by atoms with Gasteiger partial charge in [-0.05, 0) is 24.5 Å². The second-order valence-electron chi connectivity index (χ2n) is 6.76. The van der Waals surface area contributed by atoms with Gasteiger partial charge in [0.15, 0.2) is 5.89 Å². The molecule has 0 spiro atoms. The Hall–Kier alpha value is -2.89. The van der Waals surface area contributed by atoms with Crippen molar-refractivity contribution in [3.05, 3.63) is 71.7 Å². The lowest BCUT2D eigenvalue weighted by Crippen LogP contribution is -2.40. The number of likely N-dealkylation sites (tertiary alicyclic amines) is 1. The fourth-order valence-corrected chi connectivity index (χ4v) is 3.50. The van der Waals surface area contributed by atoms with E-state index in [9.17, 15) is 4.79 Å². The van der Waals surface area contributed by atoms with Gasteiger partial charge in [-0.25, -0.2) is 4.98 Å². The number of hydrogen-bond donors (Lipinski definition) is 0. The molecule has 0 saturated carbocycles. The summed E-state index contributed by atoms with van der Waals surface area (Å²) in [6.45, 7) is 1.40. The standard InChI is InChI=1S/C20H22N4O2/c1-23-18(9-10-22-23)20(25)24-11-5-8-16(14-24)19-21-13-17(26-19)12-15-6-3-2-4-7-15/h2-4,6-7,9-10,13,16H,5,8,11-12,14H2,1H3. The molecule has 1 aromatic carbocycles. The fourth-order valence-electron chi connectivity index (χ4n) is 3.50. The number of rotatable bonds is 4. The summed E-state index contributed by atoms with van der Waals surface area (Å²) in [6, 6.07) is 12.0. The molecule has 26 heavy (non-hydrogen) atoms. The molecule has 6 nitrogen and oxygen atoms in total. The highest BCUT2D eigenvalue weighted by Crippen LogP contribution is 2.28. The van der Waals surface area contributed by atoms with E-state index in [0.717, 1.165) is 37.5 Å². The van der Waals surface area contributed by atoms with Gasteiger partial charge in [0.2, 0.25) is 0 Å². The zero-order valence-corrected chi connectivity index (χ0v) is 14.8. The summed E-state index contributed by atoms with van der Waals surface area (Å²) in [4.78, 5) is 19.1. The fraction of sp³-hybridized carbons (Fsp3) is 0.350. The lowest BCUT2D eigenvalue weighted by atomic mass is 9.97. The zero-order chi connectivity index (χ0) is 17.9. The molecule has 4 rings (SSSR count). The molecule has 0 bridgehead atoms. The van der Waals surface area contributed by atoms with E-state index in [1.807, 2.05) is 29.3 Å². The van der Waals surface area contributed by atoms with Crippen molar-refractivity contribution in [1.29, 1.82) is 0 Å². The molecule has 2 aromatic heterocycles. The quantitative estimate of drug-likeness (QED) is 0.725. The first-order valence-electron chi connectivity index (χ1n) is 8.96. The highest BCUT2D eigenvalue weighted by molar-refractivity contribution is 5.92.